The van der Waals surface area contributed by atoms with E-state index in [1.165, 1.54) is 4.88 Å². The number of thiophene rings is 1. The second-order valence-corrected chi connectivity index (χ2v) is 4.32. The second kappa shape index (κ2) is 4.96. The Kier molecular flexibility index (Phi) is 3.37. The summed E-state index contributed by atoms with van der Waals surface area (Å²) in [5.74, 6) is 0. The maximum Gasteiger partial charge on any atom is 0.0682 e. The fourth-order valence-corrected chi connectivity index (χ4v) is 2.03. The number of anilines is 1. The van der Waals surface area contributed by atoms with Gasteiger partial charge in [-0.2, -0.15) is 0 Å². The topological polar surface area (TPSA) is 32.3 Å². The summed E-state index contributed by atoms with van der Waals surface area (Å²) in [6.07, 6.45) is 0. The summed E-state index contributed by atoms with van der Waals surface area (Å²) in [4.78, 5) is 1.31. The molecule has 0 aliphatic carbocycles. The van der Waals surface area contributed by atoms with E-state index in [2.05, 4.69) is 16.8 Å². The monoisotopic (exact) mass is 219 g/mol. The van der Waals surface area contributed by atoms with E-state index in [4.69, 9.17) is 5.11 Å². The van der Waals surface area contributed by atoms with E-state index in [9.17, 15) is 0 Å². The lowest BCUT2D eigenvalue weighted by molar-refractivity contribution is 0.282. The lowest BCUT2D eigenvalue weighted by Crippen LogP contribution is -1.97. The molecule has 2 aromatic rings. The average molecular weight is 219 g/mol. The molecular formula is C12H13NOS. The van der Waals surface area contributed by atoms with Gasteiger partial charge in [0.2, 0.25) is 0 Å². The van der Waals surface area contributed by atoms with Crippen LogP contribution in [0.4, 0.5) is 5.69 Å². The Labute approximate surface area is 93.2 Å². The zero-order chi connectivity index (χ0) is 10.5. The highest BCUT2D eigenvalue weighted by Gasteiger charge is 1.96. The average Bonchev–Trinajstić information content (AvgIpc) is 2.79. The molecular weight excluding hydrogens is 206 g/mol. The molecule has 0 radical (unpaired) electrons. The van der Waals surface area contributed by atoms with Crippen LogP contribution in [-0.4, -0.2) is 5.11 Å². The number of hydrogen-bond donors (Lipinski definition) is 2. The number of benzene rings is 1. The van der Waals surface area contributed by atoms with Crippen LogP contribution in [0.3, 0.4) is 0 Å². The Bertz CT molecular complexity index is 411. The molecule has 0 atom stereocenters. The van der Waals surface area contributed by atoms with Gasteiger partial charge in [0.25, 0.3) is 0 Å². The summed E-state index contributed by atoms with van der Waals surface area (Å²) in [7, 11) is 0. The molecule has 78 valence electrons. The molecule has 1 heterocycles. The lowest BCUT2D eigenvalue weighted by atomic mass is 10.2. The Morgan fingerprint density at radius 1 is 1.20 bits per heavy atom. The molecule has 2 rings (SSSR count). The van der Waals surface area contributed by atoms with Gasteiger partial charge in [0.05, 0.1) is 6.61 Å². The highest BCUT2D eigenvalue weighted by molar-refractivity contribution is 7.09. The van der Waals surface area contributed by atoms with Crippen molar-refractivity contribution in [3.05, 3.63) is 52.2 Å². The SMILES string of the molecule is OCc1cccc(NCc2cccs2)c1. The van der Waals surface area contributed by atoms with Gasteiger partial charge in [0, 0.05) is 17.1 Å². The fraction of sp³-hybridized carbons (Fsp3) is 0.167. The lowest BCUT2D eigenvalue weighted by Gasteiger charge is -2.05. The molecule has 0 saturated carbocycles. The molecule has 0 fully saturated rings. The Balaban J connectivity index is 1.98. The van der Waals surface area contributed by atoms with Crippen LogP contribution in [0.1, 0.15) is 10.4 Å². The third-order valence-corrected chi connectivity index (χ3v) is 3.03. The van der Waals surface area contributed by atoms with Gasteiger partial charge in [-0.25, -0.2) is 0 Å². The highest BCUT2D eigenvalue weighted by Crippen LogP contribution is 2.14. The Morgan fingerprint density at radius 2 is 2.13 bits per heavy atom. The number of aliphatic hydroxyl groups is 1. The Hall–Kier alpha value is -1.32. The van der Waals surface area contributed by atoms with Crippen molar-refractivity contribution in [2.45, 2.75) is 13.2 Å². The number of hydrogen-bond acceptors (Lipinski definition) is 3. The van der Waals surface area contributed by atoms with Crippen LogP contribution in [0, 0.1) is 0 Å². The summed E-state index contributed by atoms with van der Waals surface area (Å²) < 4.78 is 0. The molecule has 0 spiro atoms. The number of aliphatic hydroxyl groups excluding tert-OH is 1. The van der Waals surface area contributed by atoms with Gasteiger partial charge < -0.3 is 10.4 Å². The summed E-state index contributed by atoms with van der Waals surface area (Å²) in [5, 5.41) is 14.4. The minimum Gasteiger partial charge on any atom is -0.392 e. The molecule has 0 amide bonds. The first-order valence-corrected chi connectivity index (χ1v) is 5.72. The fourth-order valence-electron chi connectivity index (χ4n) is 1.38. The van der Waals surface area contributed by atoms with Crippen LogP contribution >= 0.6 is 11.3 Å². The van der Waals surface area contributed by atoms with Crippen LogP contribution in [0.25, 0.3) is 0 Å². The van der Waals surface area contributed by atoms with Gasteiger partial charge in [0.15, 0.2) is 0 Å². The van der Waals surface area contributed by atoms with Gasteiger partial charge in [-0.05, 0) is 29.1 Å². The van der Waals surface area contributed by atoms with Crippen molar-refractivity contribution >= 4 is 17.0 Å². The predicted molar refractivity (Wildman–Crippen MR) is 64.0 cm³/mol. The van der Waals surface area contributed by atoms with Crippen LogP contribution in [0.15, 0.2) is 41.8 Å². The molecule has 3 heteroatoms. The van der Waals surface area contributed by atoms with E-state index in [0.717, 1.165) is 17.8 Å². The quantitative estimate of drug-likeness (QED) is 0.828. The molecule has 15 heavy (non-hydrogen) atoms. The molecule has 0 saturated heterocycles. The highest BCUT2D eigenvalue weighted by atomic mass is 32.1. The van der Waals surface area contributed by atoms with Crippen molar-refractivity contribution in [1.82, 2.24) is 0 Å². The van der Waals surface area contributed by atoms with Crippen molar-refractivity contribution in [1.29, 1.82) is 0 Å². The zero-order valence-electron chi connectivity index (χ0n) is 8.31. The summed E-state index contributed by atoms with van der Waals surface area (Å²) in [6, 6.07) is 12.0. The molecule has 1 aromatic heterocycles. The predicted octanol–water partition coefficient (Wildman–Crippen LogP) is 2.85. The van der Waals surface area contributed by atoms with Gasteiger partial charge in [-0.15, -0.1) is 11.3 Å². The molecule has 2 nitrogen and oxygen atoms in total. The van der Waals surface area contributed by atoms with Crippen LogP contribution < -0.4 is 5.32 Å². The van der Waals surface area contributed by atoms with Crippen LogP contribution in [-0.2, 0) is 13.2 Å². The number of rotatable bonds is 4. The largest absolute Gasteiger partial charge is 0.392 e. The first kappa shape index (κ1) is 10.2. The first-order chi connectivity index (χ1) is 7.38. The van der Waals surface area contributed by atoms with Gasteiger partial charge >= 0.3 is 0 Å². The van der Waals surface area contributed by atoms with E-state index >= 15 is 0 Å². The molecule has 0 bridgehead atoms. The normalized spacial score (nSPS) is 10.2. The number of nitrogens with one attached hydrogen (secondary N) is 1. The summed E-state index contributed by atoms with van der Waals surface area (Å²) in [5.41, 5.74) is 1.99. The molecule has 0 aliphatic rings. The van der Waals surface area contributed by atoms with Crippen molar-refractivity contribution in [2.24, 2.45) is 0 Å². The third kappa shape index (κ3) is 2.81. The van der Waals surface area contributed by atoms with Crippen LogP contribution in [0.5, 0.6) is 0 Å². The molecule has 1 aromatic carbocycles. The molecule has 2 N–H and O–H groups in total. The maximum absolute atomic E-state index is 8.99. The van der Waals surface area contributed by atoms with E-state index in [1.807, 2.05) is 30.3 Å². The van der Waals surface area contributed by atoms with Crippen molar-refractivity contribution in [3.8, 4) is 0 Å². The minimum atomic E-state index is 0.0918. The molecule has 0 unspecified atom stereocenters. The smallest absolute Gasteiger partial charge is 0.0682 e. The standard InChI is InChI=1S/C12H13NOS/c14-9-10-3-1-4-11(7-10)13-8-12-5-2-6-15-12/h1-7,13-14H,8-9H2. The van der Waals surface area contributed by atoms with E-state index in [-0.39, 0.29) is 6.61 Å². The summed E-state index contributed by atoms with van der Waals surface area (Å²) >= 11 is 1.74. The van der Waals surface area contributed by atoms with E-state index < -0.39 is 0 Å². The first-order valence-electron chi connectivity index (χ1n) is 4.84. The maximum atomic E-state index is 8.99. The van der Waals surface area contributed by atoms with Crippen LogP contribution in [0.2, 0.25) is 0 Å². The van der Waals surface area contributed by atoms with E-state index in [1.54, 1.807) is 11.3 Å². The van der Waals surface area contributed by atoms with E-state index in [0.29, 0.717) is 0 Å². The second-order valence-electron chi connectivity index (χ2n) is 3.29. The van der Waals surface area contributed by atoms with Crippen molar-refractivity contribution in [3.63, 3.8) is 0 Å². The van der Waals surface area contributed by atoms with Crippen molar-refractivity contribution < 1.29 is 5.11 Å². The Morgan fingerprint density at radius 3 is 2.87 bits per heavy atom. The van der Waals surface area contributed by atoms with Crippen molar-refractivity contribution in [2.75, 3.05) is 5.32 Å². The summed E-state index contributed by atoms with van der Waals surface area (Å²) in [6.45, 7) is 0.932. The third-order valence-electron chi connectivity index (χ3n) is 2.16. The van der Waals surface area contributed by atoms with Gasteiger partial charge in [-0.1, -0.05) is 18.2 Å². The molecule has 0 aliphatic heterocycles. The minimum absolute atomic E-state index is 0.0918. The zero-order valence-corrected chi connectivity index (χ0v) is 9.13. The van der Waals surface area contributed by atoms with Gasteiger partial charge in [0.1, 0.15) is 0 Å². The van der Waals surface area contributed by atoms with Gasteiger partial charge in [-0.3, -0.25) is 0 Å².